The summed E-state index contributed by atoms with van der Waals surface area (Å²) in [6.07, 6.45) is 0. The fourth-order valence-electron chi connectivity index (χ4n) is 4.70. The molecule has 0 spiro atoms. The van der Waals surface area contributed by atoms with Crippen LogP contribution < -0.4 is 14.9 Å². The molecule has 30 heavy (non-hydrogen) atoms. The molecule has 1 aromatic heterocycles. The zero-order chi connectivity index (χ0) is 20.6. The van der Waals surface area contributed by atoms with Gasteiger partial charge < -0.3 is 24.3 Å². The monoisotopic (exact) mass is 403 g/mol. The summed E-state index contributed by atoms with van der Waals surface area (Å²) in [6.45, 7) is 0.105. The number of carbonyl (C=O) groups excluding carboxylic acids is 2. The van der Waals surface area contributed by atoms with E-state index in [4.69, 9.17) is 9.47 Å². The topological polar surface area (TPSA) is 91.9 Å². The Balaban J connectivity index is 1.65. The largest absolute Gasteiger partial charge is 0.454 e. The minimum atomic E-state index is -0.949. The minimum absolute atomic E-state index is 0.0297. The maximum absolute atomic E-state index is 13.4. The molecule has 8 nitrogen and oxygen atoms in total. The summed E-state index contributed by atoms with van der Waals surface area (Å²) >= 11 is 0. The summed E-state index contributed by atoms with van der Waals surface area (Å²) in [5, 5.41) is 0.496. The first-order valence-electron chi connectivity index (χ1n) is 9.65. The van der Waals surface area contributed by atoms with Crippen molar-refractivity contribution in [2.24, 2.45) is 0 Å². The molecule has 8 heteroatoms. The lowest BCUT2D eigenvalue weighted by atomic mass is 9.99. The number of aromatic nitrogens is 1. The van der Waals surface area contributed by atoms with Crippen molar-refractivity contribution in [3.63, 3.8) is 0 Å². The number of carbonyl (C=O) groups is 2. The minimum Gasteiger partial charge on any atom is -0.454 e. The lowest BCUT2D eigenvalue weighted by Crippen LogP contribution is -2.53. The van der Waals surface area contributed by atoms with Crippen molar-refractivity contribution in [2.45, 2.75) is 12.1 Å². The van der Waals surface area contributed by atoms with Gasteiger partial charge in [0.25, 0.3) is 0 Å². The van der Waals surface area contributed by atoms with Crippen LogP contribution in [0.3, 0.4) is 0 Å². The first kappa shape index (κ1) is 17.1. The molecule has 0 bridgehead atoms. The number of benzene rings is 2. The van der Waals surface area contributed by atoms with Gasteiger partial charge in [0.1, 0.15) is 6.04 Å². The number of nitrogens with zero attached hydrogens (tertiary/aromatic N) is 2. The Morgan fingerprint density at radius 1 is 1.00 bits per heavy atom. The van der Waals surface area contributed by atoms with E-state index in [0.717, 1.165) is 5.56 Å². The van der Waals surface area contributed by atoms with Crippen molar-refractivity contribution in [2.75, 3.05) is 20.4 Å². The van der Waals surface area contributed by atoms with Crippen molar-refractivity contribution in [3.05, 3.63) is 69.5 Å². The first-order chi connectivity index (χ1) is 14.5. The van der Waals surface area contributed by atoms with E-state index in [1.165, 1.54) is 9.80 Å². The summed E-state index contributed by atoms with van der Waals surface area (Å²) in [7, 11) is 1.58. The molecule has 3 aliphatic rings. The van der Waals surface area contributed by atoms with E-state index in [2.05, 4.69) is 4.98 Å². The van der Waals surface area contributed by atoms with Crippen LogP contribution in [0.4, 0.5) is 0 Å². The molecule has 2 aromatic carbocycles. The predicted molar refractivity (Wildman–Crippen MR) is 106 cm³/mol. The van der Waals surface area contributed by atoms with Crippen molar-refractivity contribution in [3.8, 4) is 11.5 Å². The lowest BCUT2D eigenvalue weighted by molar-refractivity contribution is -0.155. The zero-order valence-corrected chi connectivity index (χ0v) is 16.0. The second kappa shape index (κ2) is 5.85. The summed E-state index contributed by atoms with van der Waals surface area (Å²) < 4.78 is 10.9. The molecule has 4 heterocycles. The van der Waals surface area contributed by atoms with Crippen molar-refractivity contribution >= 4 is 22.7 Å². The molecular weight excluding hydrogens is 386 g/mol. The Labute approximate surface area is 170 Å². The Morgan fingerprint density at radius 2 is 1.80 bits per heavy atom. The fraction of sp³-hybridized carbons (Fsp3) is 0.227. The smallest absolute Gasteiger partial charge is 0.250 e. The number of ether oxygens (including phenoxy) is 2. The van der Waals surface area contributed by atoms with Crippen LogP contribution in [0, 0.1) is 0 Å². The Morgan fingerprint density at radius 3 is 2.67 bits per heavy atom. The van der Waals surface area contributed by atoms with Gasteiger partial charge in [-0.1, -0.05) is 18.2 Å². The molecule has 1 fully saturated rings. The number of rotatable bonds is 1. The van der Waals surface area contributed by atoms with Gasteiger partial charge in [0.15, 0.2) is 16.9 Å². The number of para-hydroxylation sites is 1. The standard InChI is InChI=1S/C22H17N3O5/c1-24-9-16(26)25-19(11-6-7-14-15(8-11)30-10-29-14)18-17(20(25)22(24)28)21(27)12-4-2-3-5-13(12)23-18/h2-8,19-20H,9-10H2,1H3,(H,23,27)/t19-,20+/m0/s1. The van der Waals surface area contributed by atoms with E-state index in [1.807, 2.05) is 24.3 Å². The number of hydrogen-bond donors (Lipinski definition) is 1. The van der Waals surface area contributed by atoms with Gasteiger partial charge in [-0.3, -0.25) is 14.4 Å². The van der Waals surface area contributed by atoms with Gasteiger partial charge in [0.2, 0.25) is 18.6 Å². The molecule has 0 aliphatic carbocycles. The Hall–Kier alpha value is -3.81. The number of likely N-dealkylation sites (N-methyl/N-ethyl adjacent to an activating group) is 1. The third kappa shape index (κ3) is 2.13. The average Bonchev–Trinajstić information content (AvgIpc) is 3.34. The SMILES string of the molecule is CN1CC(=O)N2[C@@H](c3ccc4c(c3)OCO4)c3[nH]c4ccccc4c(=O)c3[C@@H]2C1=O. The van der Waals surface area contributed by atoms with Crippen LogP contribution in [0.25, 0.3) is 10.9 Å². The highest BCUT2D eigenvalue weighted by molar-refractivity contribution is 5.98. The second-order valence-electron chi connectivity index (χ2n) is 7.74. The molecule has 0 radical (unpaired) electrons. The highest BCUT2D eigenvalue weighted by atomic mass is 16.7. The summed E-state index contributed by atoms with van der Waals surface area (Å²) in [6, 6.07) is 11.1. The molecular formula is C22H17N3O5. The average molecular weight is 403 g/mol. The van der Waals surface area contributed by atoms with Gasteiger partial charge in [0, 0.05) is 18.0 Å². The van der Waals surface area contributed by atoms with E-state index in [0.29, 0.717) is 33.7 Å². The lowest BCUT2D eigenvalue weighted by Gasteiger charge is -2.37. The van der Waals surface area contributed by atoms with E-state index in [1.54, 1.807) is 25.2 Å². The van der Waals surface area contributed by atoms with Gasteiger partial charge in [-0.05, 0) is 29.8 Å². The zero-order valence-electron chi connectivity index (χ0n) is 16.0. The van der Waals surface area contributed by atoms with Crippen molar-refractivity contribution in [1.29, 1.82) is 0 Å². The Bertz CT molecular complexity index is 1310. The highest BCUT2D eigenvalue weighted by Gasteiger charge is 2.52. The van der Waals surface area contributed by atoms with Crippen molar-refractivity contribution < 1.29 is 19.1 Å². The van der Waals surface area contributed by atoms with Crippen LogP contribution in [0.2, 0.25) is 0 Å². The summed E-state index contributed by atoms with van der Waals surface area (Å²) in [5.41, 5.74) is 2.09. The maximum atomic E-state index is 13.4. The number of nitrogens with one attached hydrogen (secondary N) is 1. The number of fused-ring (bicyclic) bond motifs is 5. The normalized spacial score (nSPS) is 21.9. The fourth-order valence-corrected chi connectivity index (χ4v) is 4.70. The third-order valence-electron chi connectivity index (χ3n) is 6.06. The number of piperazine rings is 1. The van der Waals surface area contributed by atoms with Crippen LogP contribution in [-0.2, 0) is 9.59 Å². The van der Waals surface area contributed by atoms with Crippen LogP contribution in [0.15, 0.2) is 47.3 Å². The molecule has 6 rings (SSSR count). The third-order valence-corrected chi connectivity index (χ3v) is 6.06. The number of hydrogen-bond acceptors (Lipinski definition) is 5. The van der Waals surface area contributed by atoms with Gasteiger partial charge >= 0.3 is 0 Å². The first-order valence-corrected chi connectivity index (χ1v) is 9.65. The molecule has 0 unspecified atom stereocenters. The molecule has 1 saturated heterocycles. The molecule has 2 atom stereocenters. The summed E-state index contributed by atoms with van der Waals surface area (Å²) in [5.74, 6) is 0.729. The molecule has 2 amide bonds. The van der Waals surface area contributed by atoms with E-state index in [-0.39, 0.29) is 30.6 Å². The van der Waals surface area contributed by atoms with Gasteiger partial charge in [-0.15, -0.1) is 0 Å². The van der Waals surface area contributed by atoms with E-state index < -0.39 is 12.1 Å². The van der Waals surface area contributed by atoms with Crippen LogP contribution in [-0.4, -0.2) is 47.0 Å². The number of pyridine rings is 1. The van der Waals surface area contributed by atoms with Gasteiger partial charge in [-0.25, -0.2) is 0 Å². The van der Waals surface area contributed by atoms with E-state index >= 15 is 0 Å². The predicted octanol–water partition coefficient (Wildman–Crippen LogP) is 1.70. The van der Waals surface area contributed by atoms with Gasteiger partial charge in [-0.2, -0.15) is 0 Å². The Kier molecular flexibility index (Phi) is 3.33. The molecule has 150 valence electrons. The van der Waals surface area contributed by atoms with Gasteiger partial charge in [0.05, 0.1) is 23.8 Å². The molecule has 1 N–H and O–H groups in total. The summed E-state index contributed by atoms with van der Waals surface area (Å²) in [4.78, 5) is 45.9. The van der Waals surface area contributed by atoms with Crippen LogP contribution >= 0.6 is 0 Å². The number of aromatic amines is 1. The highest BCUT2D eigenvalue weighted by Crippen LogP contribution is 2.47. The maximum Gasteiger partial charge on any atom is 0.250 e. The van der Waals surface area contributed by atoms with E-state index in [9.17, 15) is 14.4 Å². The second-order valence-corrected chi connectivity index (χ2v) is 7.74. The van der Waals surface area contributed by atoms with Crippen molar-refractivity contribution in [1.82, 2.24) is 14.8 Å². The number of H-pyrrole nitrogens is 1. The number of amides is 2. The molecule has 3 aromatic rings. The van der Waals surface area contributed by atoms with Crippen LogP contribution in [0.5, 0.6) is 11.5 Å². The van der Waals surface area contributed by atoms with Crippen LogP contribution in [0.1, 0.15) is 28.9 Å². The quantitative estimate of drug-likeness (QED) is 0.668. The molecule has 0 saturated carbocycles. The molecule has 3 aliphatic heterocycles.